The zero-order chi connectivity index (χ0) is 22.3. The zero-order valence-electron chi connectivity index (χ0n) is 18.1. The summed E-state index contributed by atoms with van der Waals surface area (Å²) in [4.78, 5) is 16.8. The van der Waals surface area contributed by atoms with Crippen LogP contribution in [0.5, 0.6) is 23.0 Å². The third-order valence-electron chi connectivity index (χ3n) is 5.06. The molecule has 0 saturated heterocycles. The summed E-state index contributed by atoms with van der Waals surface area (Å²) in [5.74, 6) is 3.49. The van der Waals surface area contributed by atoms with Crippen LogP contribution in [0.15, 0.2) is 36.4 Å². The number of ether oxygens (including phenoxy) is 4. The van der Waals surface area contributed by atoms with Gasteiger partial charge in [0.1, 0.15) is 5.82 Å². The topological polar surface area (TPSA) is 108 Å². The molecule has 2 N–H and O–H groups in total. The van der Waals surface area contributed by atoms with Gasteiger partial charge in [0.15, 0.2) is 23.0 Å². The molecule has 0 atom stereocenters. The van der Waals surface area contributed by atoms with Gasteiger partial charge in [0.25, 0.3) is 0 Å². The Hall–Kier alpha value is -3.75. The van der Waals surface area contributed by atoms with Gasteiger partial charge >= 0.3 is 0 Å². The number of aromatic nitrogens is 3. The van der Waals surface area contributed by atoms with E-state index in [0.717, 1.165) is 24.0 Å². The lowest BCUT2D eigenvalue weighted by molar-refractivity contribution is -0.115. The number of carbonyl (C=O) groups is 1. The van der Waals surface area contributed by atoms with Crippen LogP contribution in [0.3, 0.4) is 0 Å². The maximum atomic E-state index is 12.4. The molecular weight excluding hydrogens is 412 g/mol. The van der Waals surface area contributed by atoms with Gasteiger partial charge in [-0.3, -0.25) is 15.2 Å². The third kappa shape index (κ3) is 5.29. The van der Waals surface area contributed by atoms with Crippen LogP contribution in [0, 0.1) is 0 Å². The van der Waals surface area contributed by atoms with Gasteiger partial charge in [-0.1, -0.05) is 12.1 Å². The summed E-state index contributed by atoms with van der Waals surface area (Å²) >= 11 is 0. The second kappa shape index (κ2) is 10.0. The van der Waals surface area contributed by atoms with Crippen LogP contribution < -0.4 is 24.3 Å². The van der Waals surface area contributed by atoms with Crippen LogP contribution in [0.2, 0.25) is 0 Å². The van der Waals surface area contributed by atoms with Crippen molar-refractivity contribution >= 4 is 11.9 Å². The molecule has 1 aliphatic heterocycles. The zero-order valence-corrected chi connectivity index (χ0v) is 18.1. The van der Waals surface area contributed by atoms with Crippen molar-refractivity contribution in [2.75, 3.05) is 32.8 Å². The van der Waals surface area contributed by atoms with E-state index in [1.165, 1.54) is 0 Å². The fraction of sp³-hybridized carbons (Fsp3) is 0.348. The Morgan fingerprint density at radius 2 is 1.78 bits per heavy atom. The largest absolute Gasteiger partial charge is 0.493 e. The molecule has 32 heavy (non-hydrogen) atoms. The number of nitrogens with one attached hydrogen (secondary N) is 2. The van der Waals surface area contributed by atoms with Gasteiger partial charge in [0.2, 0.25) is 11.9 Å². The van der Waals surface area contributed by atoms with Gasteiger partial charge in [0.05, 0.1) is 33.9 Å². The van der Waals surface area contributed by atoms with Crippen LogP contribution in [0.1, 0.15) is 23.4 Å². The summed E-state index contributed by atoms with van der Waals surface area (Å²) in [6, 6.07) is 11.3. The van der Waals surface area contributed by atoms with Gasteiger partial charge in [-0.15, -0.1) is 5.10 Å². The molecule has 4 rings (SSSR count). The summed E-state index contributed by atoms with van der Waals surface area (Å²) in [5.41, 5.74) is 1.91. The van der Waals surface area contributed by atoms with E-state index in [2.05, 4.69) is 20.5 Å². The summed E-state index contributed by atoms with van der Waals surface area (Å²) in [5, 5.41) is 9.71. The van der Waals surface area contributed by atoms with Crippen molar-refractivity contribution in [1.82, 2.24) is 15.2 Å². The molecule has 1 aromatic heterocycles. The number of nitrogens with zero attached hydrogens (tertiary/aromatic N) is 2. The van der Waals surface area contributed by atoms with E-state index in [4.69, 9.17) is 18.9 Å². The first-order valence-electron chi connectivity index (χ1n) is 10.4. The molecule has 0 fully saturated rings. The molecule has 3 aromatic rings. The molecular formula is C23H26N4O5. The molecule has 2 aromatic carbocycles. The first-order valence-corrected chi connectivity index (χ1v) is 10.4. The Bertz CT molecular complexity index is 1080. The number of carbonyl (C=O) groups excluding carboxylic acids is 1. The number of H-pyrrole nitrogens is 1. The Morgan fingerprint density at radius 3 is 2.59 bits per heavy atom. The van der Waals surface area contributed by atoms with Gasteiger partial charge in [-0.05, 0) is 41.8 Å². The number of hydrogen-bond donors (Lipinski definition) is 2. The molecule has 9 heteroatoms. The lowest BCUT2D eigenvalue weighted by Crippen LogP contribution is -2.15. The normalized spacial score (nSPS) is 12.7. The highest BCUT2D eigenvalue weighted by atomic mass is 16.5. The predicted octanol–water partition coefficient (Wildman–Crippen LogP) is 2.95. The first kappa shape index (κ1) is 21.5. The van der Waals surface area contributed by atoms with Crippen molar-refractivity contribution in [2.24, 2.45) is 0 Å². The maximum Gasteiger partial charge on any atom is 0.248 e. The molecule has 168 valence electrons. The number of aryl methyl sites for hydroxylation is 2. The number of amides is 1. The molecule has 0 radical (unpaired) electrons. The number of methoxy groups -OCH3 is 2. The minimum Gasteiger partial charge on any atom is -0.493 e. The minimum absolute atomic E-state index is 0.187. The number of benzene rings is 2. The Balaban J connectivity index is 1.31. The maximum absolute atomic E-state index is 12.4. The lowest BCUT2D eigenvalue weighted by atomic mass is 10.1. The van der Waals surface area contributed by atoms with E-state index >= 15 is 0 Å². The van der Waals surface area contributed by atoms with Crippen LogP contribution in [0.4, 0.5) is 5.95 Å². The summed E-state index contributed by atoms with van der Waals surface area (Å²) in [6.45, 7) is 1.23. The van der Waals surface area contributed by atoms with Crippen molar-refractivity contribution in [3.05, 3.63) is 53.3 Å². The Labute approximate surface area is 186 Å². The fourth-order valence-corrected chi connectivity index (χ4v) is 3.43. The smallest absolute Gasteiger partial charge is 0.248 e. The van der Waals surface area contributed by atoms with Crippen molar-refractivity contribution < 1.29 is 23.7 Å². The van der Waals surface area contributed by atoms with Gasteiger partial charge in [-0.25, -0.2) is 0 Å². The molecule has 1 amide bonds. The highest BCUT2D eigenvalue weighted by Gasteiger charge is 2.14. The van der Waals surface area contributed by atoms with Crippen molar-refractivity contribution in [3.8, 4) is 23.0 Å². The van der Waals surface area contributed by atoms with E-state index in [9.17, 15) is 4.79 Å². The number of aromatic amines is 1. The second-order valence-corrected chi connectivity index (χ2v) is 7.35. The molecule has 0 saturated carbocycles. The quantitative estimate of drug-likeness (QED) is 0.557. The van der Waals surface area contributed by atoms with E-state index in [1.807, 2.05) is 36.4 Å². The second-order valence-electron chi connectivity index (χ2n) is 7.35. The molecule has 9 nitrogen and oxygen atoms in total. The summed E-state index contributed by atoms with van der Waals surface area (Å²) in [7, 11) is 3.22. The molecule has 0 aliphatic carbocycles. The fourth-order valence-electron chi connectivity index (χ4n) is 3.43. The number of hydrogen-bond acceptors (Lipinski definition) is 7. The van der Waals surface area contributed by atoms with Crippen LogP contribution in [-0.4, -0.2) is 48.5 Å². The average Bonchev–Trinajstić information content (AvgIpc) is 3.11. The number of rotatable bonds is 8. The highest BCUT2D eigenvalue weighted by Crippen LogP contribution is 2.30. The molecule has 0 unspecified atom stereocenters. The van der Waals surface area contributed by atoms with E-state index < -0.39 is 0 Å². The lowest BCUT2D eigenvalue weighted by Gasteiger charge is -2.09. The SMILES string of the molecule is COc1ccc(CCc2nc(NC(=O)Cc3ccc4c(c3)OCCCO4)n[nH]2)cc1OC. The van der Waals surface area contributed by atoms with E-state index in [0.29, 0.717) is 48.5 Å². The van der Waals surface area contributed by atoms with Gasteiger partial charge in [-0.2, -0.15) is 4.98 Å². The third-order valence-corrected chi connectivity index (χ3v) is 5.06. The molecule has 1 aliphatic rings. The first-order chi connectivity index (χ1) is 15.6. The van der Waals surface area contributed by atoms with Crippen LogP contribution in [0.25, 0.3) is 0 Å². The highest BCUT2D eigenvalue weighted by molar-refractivity contribution is 5.90. The van der Waals surface area contributed by atoms with Crippen LogP contribution in [-0.2, 0) is 24.1 Å². The van der Waals surface area contributed by atoms with Crippen molar-refractivity contribution in [2.45, 2.75) is 25.7 Å². The molecule has 2 heterocycles. The summed E-state index contributed by atoms with van der Waals surface area (Å²) in [6.07, 6.45) is 2.40. The monoisotopic (exact) mass is 438 g/mol. The number of fused-ring (bicyclic) bond motifs is 1. The Morgan fingerprint density at radius 1 is 1.00 bits per heavy atom. The van der Waals surface area contributed by atoms with E-state index in [-0.39, 0.29) is 18.3 Å². The predicted molar refractivity (Wildman–Crippen MR) is 118 cm³/mol. The van der Waals surface area contributed by atoms with Crippen LogP contribution >= 0.6 is 0 Å². The van der Waals surface area contributed by atoms with Crippen molar-refractivity contribution in [3.63, 3.8) is 0 Å². The molecule has 0 spiro atoms. The van der Waals surface area contributed by atoms with Gasteiger partial charge in [0, 0.05) is 12.8 Å². The van der Waals surface area contributed by atoms with Gasteiger partial charge < -0.3 is 18.9 Å². The standard InChI is InChI=1S/C23H26N4O5/c1-29-17-7-4-15(12-19(17)30-2)6-9-21-24-23(27-26-21)25-22(28)14-16-5-8-18-20(13-16)32-11-3-10-31-18/h4-5,7-8,12-13H,3,6,9-11,14H2,1-2H3,(H2,24,25,26,27,28). The number of anilines is 1. The average molecular weight is 438 g/mol. The summed E-state index contributed by atoms with van der Waals surface area (Å²) < 4.78 is 21.9. The molecule has 0 bridgehead atoms. The van der Waals surface area contributed by atoms with E-state index in [1.54, 1.807) is 14.2 Å². The Kier molecular flexibility index (Phi) is 6.74. The minimum atomic E-state index is -0.204. The van der Waals surface area contributed by atoms with Crippen molar-refractivity contribution in [1.29, 1.82) is 0 Å².